The van der Waals surface area contributed by atoms with Crippen molar-refractivity contribution in [3.63, 3.8) is 0 Å². The summed E-state index contributed by atoms with van der Waals surface area (Å²) in [6.07, 6.45) is -5.76. The lowest BCUT2D eigenvalue weighted by atomic mass is 10.00. The first-order valence-corrected chi connectivity index (χ1v) is 6.75. The molecular formula is C16H9F5N2O. The molecule has 0 unspecified atom stereocenters. The van der Waals surface area contributed by atoms with E-state index in [0.29, 0.717) is 6.07 Å². The van der Waals surface area contributed by atoms with Crippen LogP contribution in [-0.4, -0.2) is 16.1 Å². The zero-order valence-electron chi connectivity index (χ0n) is 11.9. The molecule has 8 heteroatoms. The molecule has 2 aromatic carbocycles. The molecular weight excluding hydrogens is 331 g/mol. The minimum absolute atomic E-state index is 0.196. The molecule has 0 amide bonds. The highest BCUT2D eigenvalue weighted by Crippen LogP contribution is 2.46. The third-order valence-corrected chi connectivity index (χ3v) is 3.49. The number of aromatic nitrogens is 2. The Kier molecular flexibility index (Phi) is 3.62. The van der Waals surface area contributed by atoms with Crippen molar-refractivity contribution in [2.75, 3.05) is 0 Å². The number of H-pyrrole nitrogens is 1. The number of para-hydroxylation sites is 1. The number of aromatic amines is 1. The van der Waals surface area contributed by atoms with Crippen LogP contribution in [0.4, 0.5) is 22.0 Å². The first-order valence-electron chi connectivity index (χ1n) is 6.75. The molecule has 0 atom stereocenters. The summed E-state index contributed by atoms with van der Waals surface area (Å²) in [4.78, 5) is 18.3. The summed E-state index contributed by atoms with van der Waals surface area (Å²) in [6.45, 7) is 0. The van der Waals surface area contributed by atoms with Gasteiger partial charge in [-0.2, -0.15) is 22.0 Å². The van der Waals surface area contributed by atoms with E-state index >= 15 is 0 Å². The number of rotatable bonds is 2. The zero-order chi connectivity index (χ0) is 17.5. The lowest BCUT2D eigenvalue weighted by molar-refractivity contribution is -0.289. The molecule has 0 bridgehead atoms. The highest BCUT2D eigenvalue weighted by Gasteiger charge is 2.59. The Labute approximate surface area is 131 Å². The van der Waals surface area contributed by atoms with Crippen molar-refractivity contribution in [3.8, 4) is 11.4 Å². The first kappa shape index (κ1) is 16.1. The van der Waals surface area contributed by atoms with E-state index in [-0.39, 0.29) is 16.7 Å². The molecule has 0 spiro atoms. The lowest BCUT2D eigenvalue weighted by Crippen LogP contribution is -2.34. The molecule has 124 valence electrons. The Morgan fingerprint density at radius 2 is 1.50 bits per heavy atom. The second kappa shape index (κ2) is 5.40. The van der Waals surface area contributed by atoms with Gasteiger partial charge >= 0.3 is 12.1 Å². The molecule has 1 aromatic heterocycles. The molecule has 0 saturated carbocycles. The summed E-state index contributed by atoms with van der Waals surface area (Å²) < 4.78 is 65.7. The fourth-order valence-corrected chi connectivity index (χ4v) is 2.33. The fourth-order valence-electron chi connectivity index (χ4n) is 2.33. The third-order valence-electron chi connectivity index (χ3n) is 3.49. The highest BCUT2D eigenvalue weighted by molar-refractivity contribution is 5.79. The Morgan fingerprint density at radius 3 is 2.21 bits per heavy atom. The van der Waals surface area contributed by atoms with Gasteiger partial charge < -0.3 is 4.98 Å². The summed E-state index contributed by atoms with van der Waals surface area (Å²) in [6, 6.07) is 10.2. The van der Waals surface area contributed by atoms with Crippen molar-refractivity contribution in [1.29, 1.82) is 0 Å². The maximum atomic E-state index is 13.8. The van der Waals surface area contributed by atoms with Crippen molar-refractivity contribution < 1.29 is 22.0 Å². The average molecular weight is 340 g/mol. The minimum atomic E-state index is -5.76. The number of nitrogens with zero attached hydrogens (tertiary/aromatic N) is 1. The predicted molar refractivity (Wildman–Crippen MR) is 77.7 cm³/mol. The first-order chi connectivity index (χ1) is 11.2. The van der Waals surface area contributed by atoms with E-state index in [1.54, 1.807) is 12.1 Å². The smallest absolute Gasteiger partial charge is 0.306 e. The molecule has 3 rings (SSSR count). The van der Waals surface area contributed by atoms with Gasteiger partial charge in [0, 0.05) is 11.1 Å². The van der Waals surface area contributed by atoms with Crippen LogP contribution >= 0.6 is 0 Å². The third kappa shape index (κ3) is 2.53. The second-order valence-electron chi connectivity index (χ2n) is 5.05. The van der Waals surface area contributed by atoms with E-state index < -0.39 is 28.8 Å². The number of halogens is 5. The van der Waals surface area contributed by atoms with Crippen molar-refractivity contribution in [2.24, 2.45) is 0 Å². The van der Waals surface area contributed by atoms with Crippen LogP contribution in [0.2, 0.25) is 0 Å². The van der Waals surface area contributed by atoms with Crippen molar-refractivity contribution >= 4 is 10.9 Å². The number of fused-ring (bicyclic) bond motifs is 1. The maximum absolute atomic E-state index is 13.8. The molecule has 0 aliphatic rings. The lowest BCUT2D eigenvalue weighted by Gasteiger charge is -2.22. The van der Waals surface area contributed by atoms with Gasteiger partial charge in [0.1, 0.15) is 5.82 Å². The van der Waals surface area contributed by atoms with Crippen molar-refractivity contribution in [1.82, 2.24) is 9.97 Å². The van der Waals surface area contributed by atoms with E-state index in [0.717, 1.165) is 12.1 Å². The summed E-state index contributed by atoms with van der Waals surface area (Å²) in [5, 5.41) is 0.210. The maximum Gasteiger partial charge on any atom is 0.458 e. The molecule has 1 heterocycles. The van der Waals surface area contributed by atoms with Crippen LogP contribution in [0.15, 0.2) is 53.3 Å². The normalized spacial score (nSPS) is 12.5. The van der Waals surface area contributed by atoms with Gasteiger partial charge in [0.15, 0.2) is 0 Å². The van der Waals surface area contributed by atoms with Gasteiger partial charge in [0.25, 0.3) is 5.56 Å². The van der Waals surface area contributed by atoms with Crippen LogP contribution in [-0.2, 0) is 5.92 Å². The number of nitrogens with one attached hydrogen (secondary N) is 1. The quantitative estimate of drug-likeness (QED) is 0.709. The number of benzene rings is 2. The van der Waals surface area contributed by atoms with Crippen LogP contribution in [0, 0.1) is 0 Å². The van der Waals surface area contributed by atoms with Gasteiger partial charge in [-0.15, -0.1) is 0 Å². The largest absolute Gasteiger partial charge is 0.458 e. The second-order valence-corrected chi connectivity index (χ2v) is 5.05. The standard InChI is InChI=1S/C16H9F5N2O/c17-15(18,16(19,20)21)11-7-3-1-5-9(11)13-22-12-8-4-2-6-10(12)14(24)23-13/h1-8H,(H,22,23,24). The zero-order valence-corrected chi connectivity index (χ0v) is 11.9. The Morgan fingerprint density at radius 1 is 0.875 bits per heavy atom. The van der Waals surface area contributed by atoms with Crippen LogP contribution < -0.4 is 5.56 Å². The van der Waals surface area contributed by atoms with Crippen molar-refractivity contribution in [3.05, 3.63) is 64.4 Å². The fraction of sp³-hybridized carbons (Fsp3) is 0.125. The van der Waals surface area contributed by atoms with Crippen molar-refractivity contribution in [2.45, 2.75) is 12.1 Å². The van der Waals surface area contributed by atoms with Gasteiger partial charge in [0.2, 0.25) is 0 Å². The molecule has 0 radical (unpaired) electrons. The van der Waals surface area contributed by atoms with Gasteiger partial charge in [-0.25, -0.2) is 4.98 Å². The van der Waals surface area contributed by atoms with Crippen LogP contribution in [0.1, 0.15) is 5.56 Å². The van der Waals surface area contributed by atoms with Gasteiger partial charge in [-0.1, -0.05) is 36.4 Å². The van der Waals surface area contributed by atoms with Gasteiger partial charge in [0.05, 0.1) is 10.9 Å². The molecule has 0 saturated heterocycles. The molecule has 0 aliphatic heterocycles. The van der Waals surface area contributed by atoms with E-state index in [1.165, 1.54) is 18.2 Å². The molecule has 0 fully saturated rings. The van der Waals surface area contributed by atoms with E-state index in [4.69, 9.17) is 0 Å². The van der Waals surface area contributed by atoms with Crippen LogP contribution in [0.5, 0.6) is 0 Å². The molecule has 1 N–H and O–H groups in total. The predicted octanol–water partition coefficient (Wildman–Crippen LogP) is 4.24. The number of hydrogen-bond acceptors (Lipinski definition) is 2. The Hall–Kier alpha value is -2.77. The summed E-state index contributed by atoms with van der Waals surface area (Å²) in [5.74, 6) is -5.42. The van der Waals surface area contributed by atoms with E-state index in [2.05, 4.69) is 9.97 Å². The Balaban J connectivity index is 2.27. The average Bonchev–Trinajstić information content (AvgIpc) is 2.54. The van der Waals surface area contributed by atoms with Gasteiger partial charge in [-0.3, -0.25) is 4.79 Å². The molecule has 0 aliphatic carbocycles. The van der Waals surface area contributed by atoms with E-state index in [1.807, 2.05) is 0 Å². The van der Waals surface area contributed by atoms with Crippen LogP contribution in [0.25, 0.3) is 22.3 Å². The topological polar surface area (TPSA) is 45.8 Å². The molecule has 3 nitrogen and oxygen atoms in total. The number of alkyl halides is 5. The number of hydrogen-bond donors (Lipinski definition) is 1. The summed E-state index contributed by atoms with van der Waals surface area (Å²) >= 11 is 0. The highest BCUT2D eigenvalue weighted by atomic mass is 19.4. The summed E-state index contributed by atoms with van der Waals surface area (Å²) in [7, 11) is 0. The monoisotopic (exact) mass is 340 g/mol. The van der Waals surface area contributed by atoms with Crippen LogP contribution in [0.3, 0.4) is 0 Å². The van der Waals surface area contributed by atoms with E-state index in [9.17, 15) is 26.7 Å². The minimum Gasteiger partial charge on any atom is -0.306 e. The molecule has 3 aromatic rings. The molecule has 24 heavy (non-hydrogen) atoms. The van der Waals surface area contributed by atoms with Gasteiger partial charge in [-0.05, 0) is 12.1 Å². The Bertz CT molecular complexity index is 962. The summed E-state index contributed by atoms with van der Waals surface area (Å²) in [5.41, 5.74) is -2.18. The SMILES string of the molecule is O=c1[nH]c(-c2ccccc2C(F)(F)C(F)(F)F)nc2ccccc12.